The molecule has 0 aliphatic rings. The predicted octanol–water partition coefficient (Wildman–Crippen LogP) is 2.42. The Balaban J connectivity index is 2.10. The molecule has 6 nitrogen and oxygen atoms in total. The Labute approximate surface area is 127 Å². The lowest BCUT2D eigenvalue weighted by molar-refractivity contribution is 0.184. The maximum atomic E-state index is 11.9. The first-order valence-electron chi connectivity index (χ1n) is 6.59. The van der Waals surface area contributed by atoms with Gasteiger partial charge in [-0.1, -0.05) is 17.7 Å². The van der Waals surface area contributed by atoms with E-state index >= 15 is 0 Å². The van der Waals surface area contributed by atoms with E-state index in [4.69, 9.17) is 16.7 Å². The number of benzene rings is 1. The summed E-state index contributed by atoms with van der Waals surface area (Å²) < 4.78 is 1.59. The second kappa shape index (κ2) is 7.10. The van der Waals surface area contributed by atoms with Crippen molar-refractivity contribution in [3.8, 4) is 5.69 Å². The van der Waals surface area contributed by atoms with Crippen molar-refractivity contribution >= 4 is 23.3 Å². The van der Waals surface area contributed by atoms with Gasteiger partial charge < -0.3 is 15.7 Å². The van der Waals surface area contributed by atoms with E-state index in [1.165, 1.54) is 0 Å². The molecule has 1 aromatic heterocycles. The molecule has 0 saturated carbocycles. The average Bonchev–Trinajstić information content (AvgIpc) is 2.92. The minimum atomic E-state index is -0.448. The number of anilines is 1. The fourth-order valence-electron chi connectivity index (χ4n) is 1.81. The van der Waals surface area contributed by atoms with E-state index in [0.717, 1.165) is 0 Å². The van der Waals surface area contributed by atoms with E-state index in [1.54, 1.807) is 48.3 Å². The Morgan fingerprint density at radius 2 is 2.29 bits per heavy atom. The summed E-state index contributed by atoms with van der Waals surface area (Å²) in [4.78, 5) is 11.9. The van der Waals surface area contributed by atoms with Crippen LogP contribution in [0, 0.1) is 0 Å². The Bertz CT molecular complexity index is 599. The third kappa shape index (κ3) is 4.21. The van der Waals surface area contributed by atoms with Crippen LogP contribution < -0.4 is 10.6 Å². The van der Waals surface area contributed by atoms with Crippen molar-refractivity contribution in [2.75, 3.05) is 11.9 Å². The van der Waals surface area contributed by atoms with Gasteiger partial charge in [0.05, 0.1) is 16.8 Å². The highest BCUT2D eigenvalue weighted by molar-refractivity contribution is 6.33. The van der Waals surface area contributed by atoms with Crippen molar-refractivity contribution in [3.05, 3.63) is 41.7 Å². The van der Waals surface area contributed by atoms with E-state index in [1.807, 2.05) is 0 Å². The normalized spacial score (nSPS) is 12.0. The minimum absolute atomic E-state index is 0.355. The maximum absolute atomic E-state index is 11.9. The first-order chi connectivity index (χ1) is 10.1. The number of aliphatic hydroxyl groups is 1. The van der Waals surface area contributed by atoms with Crippen molar-refractivity contribution in [2.45, 2.75) is 19.4 Å². The number of aromatic nitrogens is 2. The number of halogens is 1. The predicted molar refractivity (Wildman–Crippen MR) is 81.9 cm³/mol. The highest BCUT2D eigenvalue weighted by Crippen LogP contribution is 2.27. The molecule has 1 heterocycles. The third-order valence-electron chi connectivity index (χ3n) is 2.82. The van der Waals surface area contributed by atoms with Crippen LogP contribution in [0.3, 0.4) is 0 Å². The fraction of sp³-hybridized carbons (Fsp3) is 0.286. The lowest BCUT2D eigenvalue weighted by atomic mass is 10.2. The molecular formula is C14H17ClN4O2. The summed E-state index contributed by atoms with van der Waals surface area (Å²) >= 11 is 6.18. The molecule has 0 spiro atoms. The van der Waals surface area contributed by atoms with Gasteiger partial charge in [0, 0.05) is 18.9 Å². The van der Waals surface area contributed by atoms with E-state index in [9.17, 15) is 4.79 Å². The molecule has 0 bridgehead atoms. The zero-order valence-electron chi connectivity index (χ0n) is 11.6. The Kier molecular flexibility index (Phi) is 5.19. The summed E-state index contributed by atoms with van der Waals surface area (Å²) in [6.07, 6.45) is 3.43. The fourth-order valence-corrected chi connectivity index (χ4v) is 2.07. The molecule has 0 radical (unpaired) electrons. The van der Waals surface area contributed by atoms with Crippen LogP contribution in [0.15, 0.2) is 36.7 Å². The van der Waals surface area contributed by atoms with Crippen LogP contribution in [0.25, 0.3) is 5.69 Å². The molecule has 1 aromatic carbocycles. The third-order valence-corrected chi connectivity index (χ3v) is 3.12. The topological polar surface area (TPSA) is 79.2 Å². The minimum Gasteiger partial charge on any atom is -0.393 e. The number of urea groups is 1. The lowest BCUT2D eigenvalue weighted by Crippen LogP contribution is -2.31. The first kappa shape index (κ1) is 15.3. The number of hydrogen-bond acceptors (Lipinski definition) is 3. The molecule has 0 fully saturated rings. The summed E-state index contributed by atoms with van der Waals surface area (Å²) in [7, 11) is 0. The Hall–Kier alpha value is -2.05. The molecule has 112 valence electrons. The van der Waals surface area contributed by atoms with Crippen LogP contribution in [-0.2, 0) is 0 Å². The van der Waals surface area contributed by atoms with Crippen molar-refractivity contribution in [3.63, 3.8) is 0 Å². The molecule has 1 unspecified atom stereocenters. The number of carbonyl (C=O) groups excluding carboxylic acids is 1. The van der Waals surface area contributed by atoms with Crippen molar-refractivity contribution < 1.29 is 9.90 Å². The second-order valence-corrected chi connectivity index (χ2v) is 5.01. The number of carbonyl (C=O) groups is 1. The summed E-state index contributed by atoms with van der Waals surface area (Å²) in [6, 6.07) is 6.65. The lowest BCUT2D eigenvalue weighted by Gasteiger charge is -2.13. The summed E-state index contributed by atoms with van der Waals surface area (Å²) in [5.74, 6) is 0. The van der Waals surface area contributed by atoms with Gasteiger partial charge in [0.2, 0.25) is 0 Å². The van der Waals surface area contributed by atoms with E-state index < -0.39 is 6.10 Å². The maximum Gasteiger partial charge on any atom is 0.319 e. The summed E-state index contributed by atoms with van der Waals surface area (Å²) in [5, 5.41) is 19.2. The number of aliphatic hydroxyl groups excluding tert-OH is 1. The summed E-state index contributed by atoms with van der Waals surface area (Å²) in [5.41, 5.74) is 1.16. The molecule has 2 amide bonds. The monoisotopic (exact) mass is 308 g/mol. The van der Waals surface area contributed by atoms with Crippen LogP contribution in [-0.4, -0.2) is 33.6 Å². The number of nitrogens with one attached hydrogen (secondary N) is 2. The van der Waals surface area contributed by atoms with Gasteiger partial charge in [0.25, 0.3) is 0 Å². The van der Waals surface area contributed by atoms with Gasteiger partial charge in [0.1, 0.15) is 5.69 Å². The van der Waals surface area contributed by atoms with Crippen molar-refractivity contribution in [1.82, 2.24) is 15.1 Å². The molecule has 2 aromatic rings. The second-order valence-electron chi connectivity index (χ2n) is 4.61. The zero-order valence-corrected chi connectivity index (χ0v) is 12.3. The highest BCUT2D eigenvalue weighted by atomic mass is 35.5. The van der Waals surface area contributed by atoms with Gasteiger partial charge in [-0.05, 0) is 31.5 Å². The van der Waals surface area contributed by atoms with Gasteiger partial charge in [-0.2, -0.15) is 5.10 Å². The SMILES string of the molecule is CC(O)CCNC(=O)Nc1cccc(Cl)c1-n1cccn1. The molecule has 0 saturated heterocycles. The quantitative estimate of drug-likeness (QED) is 0.793. The van der Waals surface area contributed by atoms with Crippen LogP contribution >= 0.6 is 11.6 Å². The van der Waals surface area contributed by atoms with Gasteiger partial charge in [-0.3, -0.25) is 0 Å². The Morgan fingerprint density at radius 3 is 2.95 bits per heavy atom. The van der Waals surface area contributed by atoms with E-state index in [0.29, 0.717) is 29.4 Å². The number of nitrogens with zero attached hydrogens (tertiary/aromatic N) is 2. The number of rotatable bonds is 5. The Morgan fingerprint density at radius 1 is 1.48 bits per heavy atom. The van der Waals surface area contributed by atoms with Gasteiger partial charge in [-0.15, -0.1) is 0 Å². The number of hydrogen-bond donors (Lipinski definition) is 3. The molecule has 1 atom stereocenters. The molecule has 3 N–H and O–H groups in total. The summed E-state index contributed by atoms with van der Waals surface area (Å²) in [6.45, 7) is 2.06. The average molecular weight is 309 g/mol. The van der Waals surface area contributed by atoms with E-state index in [2.05, 4.69) is 15.7 Å². The molecule has 0 aliphatic carbocycles. The smallest absolute Gasteiger partial charge is 0.319 e. The van der Waals surface area contributed by atoms with E-state index in [-0.39, 0.29) is 6.03 Å². The van der Waals surface area contributed by atoms with Gasteiger partial charge >= 0.3 is 6.03 Å². The molecule has 2 rings (SSSR count). The molecule has 7 heteroatoms. The highest BCUT2D eigenvalue weighted by Gasteiger charge is 2.12. The molecular weight excluding hydrogens is 292 g/mol. The molecule has 0 aliphatic heterocycles. The van der Waals surface area contributed by atoms with Crippen molar-refractivity contribution in [1.29, 1.82) is 0 Å². The van der Waals surface area contributed by atoms with Crippen LogP contribution in [0.1, 0.15) is 13.3 Å². The van der Waals surface area contributed by atoms with Crippen LogP contribution in [0.5, 0.6) is 0 Å². The first-order valence-corrected chi connectivity index (χ1v) is 6.97. The standard InChI is InChI=1S/C14H17ClN4O2/c1-10(20)6-8-16-14(21)18-12-5-2-4-11(15)13(12)19-9-3-7-17-19/h2-5,7,9-10,20H,6,8H2,1H3,(H2,16,18,21). The number of para-hydroxylation sites is 1. The van der Waals surface area contributed by atoms with Gasteiger partial charge in [-0.25, -0.2) is 9.48 Å². The molecule has 21 heavy (non-hydrogen) atoms. The number of amides is 2. The zero-order chi connectivity index (χ0) is 15.2. The van der Waals surface area contributed by atoms with Crippen LogP contribution in [0.4, 0.5) is 10.5 Å². The van der Waals surface area contributed by atoms with Crippen LogP contribution in [0.2, 0.25) is 5.02 Å². The van der Waals surface area contributed by atoms with Crippen molar-refractivity contribution in [2.24, 2.45) is 0 Å². The largest absolute Gasteiger partial charge is 0.393 e. The van der Waals surface area contributed by atoms with Gasteiger partial charge in [0.15, 0.2) is 0 Å².